The first kappa shape index (κ1) is 21.3. The van der Waals surface area contributed by atoms with Crippen molar-refractivity contribution in [3.05, 3.63) is 53.4 Å². The molecule has 0 saturated heterocycles. The van der Waals surface area contributed by atoms with Crippen LogP contribution in [0.25, 0.3) is 0 Å². The van der Waals surface area contributed by atoms with Crippen molar-refractivity contribution in [1.82, 2.24) is 10.6 Å². The van der Waals surface area contributed by atoms with E-state index < -0.39 is 17.6 Å². The third kappa shape index (κ3) is 6.62. The second-order valence-electron chi connectivity index (χ2n) is 5.75. The van der Waals surface area contributed by atoms with Crippen molar-refractivity contribution in [2.75, 3.05) is 13.7 Å². The number of allylic oxidation sites excluding steroid dienone is 2. The Labute approximate surface area is 149 Å². The fraction of sp³-hybridized carbons (Fsp3) is 0.333. The summed E-state index contributed by atoms with van der Waals surface area (Å²) in [6, 6.07) is 2.65. The lowest BCUT2D eigenvalue weighted by Crippen LogP contribution is -2.24. The number of ether oxygens (including phenoxy) is 1. The lowest BCUT2D eigenvalue weighted by molar-refractivity contribution is -0.137. The number of benzene rings is 1. The second-order valence-corrected chi connectivity index (χ2v) is 5.75. The van der Waals surface area contributed by atoms with Crippen LogP contribution in [0.15, 0.2) is 42.2 Å². The van der Waals surface area contributed by atoms with E-state index in [4.69, 9.17) is 4.74 Å². The summed E-state index contributed by atoms with van der Waals surface area (Å²) in [4.78, 5) is 23.1. The number of nitrogens with one attached hydrogen (secondary N) is 2. The van der Waals surface area contributed by atoms with Crippen LogP contribution in [0.2, 0.25) is 0 Å². The standard InChI is InChI=1S/C18H21F3N2O3/c1-12(2)11-26-16-10-13(18(19,20)21)4-5-15(16)17(25)23-14(7-9-24)6-8-22-3/h4-10,12,22H,11H2,1-3H3,(H,23,25)/b8-6-,14-7+. The van der Waals surface area contributed by atoms with Gasteiger partial charge in [-0.3, -0.25) is 9.59 Å². The summed E-state index contributed by atoms with van der Waals surface area (Å²) in [7, 11) is 1.63. The molecule has 1 aromatic carbocycles. The molecule has 0 radical (unpaired) electrons. The zero-order valence-corrected chi connectivity index (χ0v) is 14.7. The molecule has 0 spiro atoms. The first-order valence-electron chi connectivity index (χ1n) is 7.83. The predicted molar refractivity (Wildman–Crippen MR) is 91.6 cm³/mol. The SMILES string of the molecule is CN/C=C\C(=C/C=O)NC(=O)c1ccc(C(F)(F)F)cc1OCC(C)C. The molecule has 0 bridgehead atoms. The zero-order valence-electron chi connectivity index (χ0n) is 14.7. The maximum atomic E-state index is 12.9. The van der Waals surface area contributed by atoms with Crippen LogP contribution >= 0.6 is 0 Å². The fourth-order valence-corrected chi connectivity index (χ4v) is 1.85. The molecule has 0 saturated carbocycles. The first-order valence-corrected chi connectivity index (χ1v) is 7.83. The Balaban J connectivity index is 3.18. The molecule has 142 valence electrons. The number of halogens is 3. The van der Waals surface area contributed by atoms with Crippen molar-refractivity contribution in [3.8, 4) is 5.75 Å². The molecule has 26 heavy (non-hydrogen) atoms. The molecule has 1 aromatic rings. The Morgan fingerprint density at radius 2 is 2.00 bits per heavy atom. The summed E-state index contributed by atoms with van der Waals surface area (Å²) in [5, 5.41) is 5.16. The van der Waals surface area contributed by atoms with Crippen LogP contribution in [0.3, 0.4) is 0 Å². The van der Waals surface area contributed by atoms with Gasteiger partial charge in [0.1, 0.15) is 12.0 Å². The molecule has 1 amide bonds. The van der Waals surface area contributed by atoms with Crippen LogP contribution in [0.1, 0.15) is 29.8 Å². The third-order valence-corrected chi connectivity index (χ3v) is 3.06. The van der Waals surface area contributed by atoms with Gasteiger partial charge in [-0.25, -0.2) is 0 Å². The van der Waals surface area contributed by atoms with E-state index in [1.165, 1.54) is 12.3 Å². The lowest BCUT2D eigenvalue weighted by Gasteiger charge is -2.16. The number of hydrogen-bond acceptors (Lipinski definition) is 4. The van der Waals surface area contributed by atoms with Crippen LogP contribution in [-0.2, 0) is 11.0 Å². The molecule has 0 unspecified atom stereocenters. The minimum Gasteiger partial charge on any atom is -0.492 e. The highest BCUT2D eigenvalue weighted by molar-refractivity contribution is 5.98. The normalized spacial score (nSPS) is 12.3. The predicted octanol–water partition coefficient (Wildman–Crippen LogP) is 3.29. The fourth-order valence-electron chi connectivity index (χ4n) is 1.85. The van der Waals surface area contributed by atoms with Crippen LogP contribution < -0.4 is 15.4 Å². The molecule has 0 aliphatic rings. The Morgan fingerprint density at radius 3 is 2.54 bits per heavy atom. The number of amides is 1. The zero-order chi connectivity index (χ0) is 19.7. The van der Waals surface area contributed by atoms with Gasteiger partial charge in [-0.15, -0.1) is 0 Å². The molecule has 0 aliphatic heterocycles. The van der Waals surface area contributed by atoms with Crippen molar-refractivity contribution in [3.63, 3.8) is 0 Å². The summed E-state index contributed by atoms with van der Waals surface area (Å²) in [5.41, 5.74) is -0.797. The number of alkyl halides is 3. The van der Waals surface area contributed by atoms with E-state index in [0.717, 1.165) is 24.3 Å². The quantitative estimate of drug-likeness (QED) is 0.419. The van der Waals surface area contributed by atoms with E-state index in [1.54, 1.807) is 7.05 Å². The first-order chi connectivity index (χ1) is 12.2. The van der Waals surface area contributed by atoms with Gasteiger partial charge in [-0.05, 0) is 36.4 Å². The van der Waals surface area contributed by atoms with Gasteiger partial charge >= 0.3 is 6.18 Å². The van der Waals surface area contributed by atoms with Gasteiger partial charge in [-0.2, -0.15) is 13.2 Å². The summed E-state index contributed by atoms with van der Waals surface area (Å²) in [5.74, 6) is -0.801. The molecule has 1 rings (SSSR count). The van der Waals surface area contributed by atoms with Gasteiger partial charge < -0.3 is 15.4 Å². The number of rotatable bonds is 8. The topological polar surface area (TPSA) is 67.4 Å². The number of hydrogen-bond donors (Lipinski definition) is 2. The third-order valence-electron chi connectivity index (χ3n) is 3.06. The van der Waals surface area contributed by atoms with Gasteiger partial charge in [0.15, 0.2) is 0 Å². The molecule has 0 fully saturated rings. The van der Waals surface area contributed by atoms with Gasteiger partial charge in [0.2, 0.25) is 0 Å². The van der Waals surface area contributed by atoms with Crippen LogP contribution in [0.5, 0.6) is 5.75 Å². The monoisotopic (exact) mass is 370 g/mol. The summed E-state index contributed by atoms with van der Waals surface area (Å²) in [6.07, 6.45) is -0.0321. The molecule has 5 nitrogen and oxygen atoms in total. The molecule has 2 N–H and O–H groups in total. The highest BCUT2D eigenvalue weighted by Gasteiger charge is 2.32. The van der Waals surface area contributed by atoms with Gasteiger partial charge in [0.25, 0.3) is 5.91 Å². The highest BCUT2D eigenvalue weighted by atomic mass is 19.4. The summed E-state index contributed by atoms with van der Waals surface area (Å²) < 4.78 is 44.2. The molecule has 0 aliphatic carbocycles. The van der Waals surface area contributed by atoms with Crippen LogP contribution in [0, 0.1) is 5.92 Å². The Morgan fingerprint density at radius 1 is 1.31 bits per heavy atom. The molecular weight excluding hydrogens is 349 g/mol. The van der Waals surface area contributed by atoms with E-state index in [1.807, 2.05) is 13.8 Å². The second kappa shape index (κ2) is 9.65. The average Bonchev–Trinajstić information content (AvgIpc) is 2.56. The van der Waals surface area contributed by atoms with Gasteiger partial charge in [0.05, 0.1) is 17.7 Å². The van der Waals surface area contributed by atoms with E-state index in [-0.39, 0.29) is 29.5 Å². The Kier molecular flexibility index (Phi) is 7.89. The van der Waals surface area contributed by atoms with Gasteiger partial charge in [0, 0.05) is 18.8 Å². The van der Waals surface area contributed by atoms with Crippen molar-refractivity contribution in [1.29, 1.82) is 0 Å². The van der Waals surface area contributed by atoms with Gasteiger partial charge in [-0.1, -0.05) is 13.8 Å². The Bertz CT molecular complexity index is 695. The number of carbonyl (C=O) groups is 2. The average molecular weight is 370 g/mol. The lowest BCUT2D eigenvalue weighted by atomic mass is 10.1. The largest absolute Gasteiger partial charge is 0.492 e. The van der Waals surface area contributed by atoms with Crippen molar-refractivity contribution in [2.24, 2.45) is 5.92 Å². The molecule has 0 atom stereocenters. The summed E-state index contributed by atoms with van der Waals surface area (Å²) in [6.45, 7) is 3.82. The maximum absolute atomic E-state index is 12.9. The van der Waals surface area contributed by atoms with Crippen LogP contribution in [-0.4, -0.2) is 25.8 Å². The van der Waals surface area contributed by atoms with Crippen molar-refractivity contribution in [2.45, 2.75) is 20.0 Å². The highest BCUT2D eigenvalue weighted by Crippen LogP contribution is 2.33. The Hall–Kier alpha value is -2.77. The number of carbonyl (C=O) groups excluding carboxylic acids is 2. The molecule has 8 heteroatoms. The molecule has 0 heterocycles. The van der Waals surface area contributed by atoms with E-state index in [9.17, 15) is 22.8 Å². The van der Waals surface area contributed by atoms with Crippen LogP contribution in [0.4, 0.5) is 13.2 Å². The van der Waals surface area contributed by atoms with Crippen molar-refractivity contribution < 1.29 is 27.5 Å². The van der Waals surface area contributed by atoms with E-state index in [2.05, 4.69) is 10.6 Å². The molecular formula is C18H21F3N2O3. The molecule has 0 aromatic heterocycles. The van der Waals surface area contributed by atoms with Crippen molar-refractivity contribution >= 4 is 12.2 Å². The number of aldehydes is 1. The summed E-state index contributed by atoms with van der Waals surface area (Å²) >= 11 is 0. The van der Waals surface area contributed by atoms with E-state index >= 15 is 0 Å². The minimum absolute atomic E-state index is 0.0598. The smallest absolute Gasteiger partial charge is 0.416 e. The van der Waals surface area contributed by atoms with E-state index in [0.29, 0.717) is 6.29 Å². The maximum Gasteiger partial charge on any atom is 0.416 e. The minimum atomic E-state index is -4.55.